The van der Waals surface area contributed by atoms with Gasteiger partial charge in [-0.3, -0.25) is 14.2 Å². The maximum absolute atomic E-state index is 11.9. The number of rotatable bonds is 3. The molecule has 8 heteroatoms. The molecule has 1 aromatic heterocycles. The molecule has 122 valence electrons. The van der Waals surface area contributed by atoms with Gasteiger partial charge in [-0.25, -0.2) is 5.43 Å². The molecule has 2 aromatic rings. The van der Waals surface area contributed by atoms with Gasteiger partial charge in [0.2, 0.25) is 5.88 Å². The molecule has 0 saturated carbocycles. The molecule has 0 spiro atoms. The predicted molar refractivity (Wildman–Crippen MR) is 86.0 cm³/mol. The van der Waals surface area contributed by atoms with Crippen molar-refractivity contribution in [2.45, 2.75) is 6.92 Å². The number of hydrazone groups is 1. The molecule has 0 aliphatic carbocycles. The molecule has 1 heterocycles. The highest BCUT2D eigenvalue weighted by Crippen LogP contribution is 2.18. The molecular weight excluding hydrogens is 312 g/mol. The maximum Gasteiger partial charge on any atom is 0.275 e. The van der Waals surface area contributed by atoms with Crippen molar-refractivity contribution in [3.05, 3.63) is 56.9 Å². The van der Waals surface area contributed by atoms with E-state index < -0.39 is 11.5 Å². The number of amides is 1. The summed E-state index contributed by atoms with van der Waals surface area (Å²) in [5.41, 5.74) is 1.87. The number of benzene rings is 1. The second-order valence-electron chi connectivity index (χ2n) is 4.93. The number of phenolic OH excluding ortho intramolecular Hbond substituents is 1. The molecule has 1 aromatic carbocycles. The van der Waals surface area contributed by atoms with Crippen LogP contribution in [0.5, 0.6) is 11.6 Å². The number of phenols is 1. The zero-order valence-electron chi connectivity index (χ0n) is 12.9. The van der Waals surface area contributed by atoms with Crippen molar-refractivity contribution < 1.29 is 15.0 Å². The van der Waals surface area contributed by atoms with Crippen molar-refractivity contribution in [3.63, 3.8) is 0 Å². The average molecular weight is 326 g/mol. The highest BCUT2D eigenvalue weighted by molar-refractivity contribution is 5.97. The van der Waals surface area contributed by atoms with Gasteiger partial charge in [0.15, 0.2) is 0 Å². The molecule has 0 aliphatic heterocycles. The second-order valence-corrected chi connectivity index (χ2v) is 4.93. The van der Waals surface area contributed by atoms with E-state index in [1.54, 1.807) is 18.2 Å². The summed E-state index contributed by atoms with van der Waals surface area (Å²) in [5.74, 6) is -1.22. The molecule has 0 saturated heterocycles. The van der Waals surface area contributed by atoms with E-state index in [9.17, 15) is 19.8 Å². The Morgan fingerprint density at radius 2 is 2.04 bits per heavy atom. The van der Waals surface area contributed by atoms with Gasteiger partial charge in [-0.15, -0.1) is 0 Å². The first kappa shape index (κ1) is 16.8. The summed E-state index contributed by atoms with van der Waals surface area (Å²) in [5, 5.41) is 32.4. The molecule has 24 heavy (non-hydrogen) atoms. The Balaban J connectivity index is 2.33. The first-order valence-electron chi connectivity index (χ1n) is 6.82. The fourth-order valence-electron chi connectivity index (χ4n) is 2.07. The predicted octanol–water partition coefficient (Wildman–Crippen LogP) is 0.740. The SMILES string of the molecule is Cc1c(/C=N/NC(=O)c2ccccc2O)c(O)n(C)c(=O)c1C#N. The van der Waals surface area contributed by atoms with Crippen LogP contribution in [0.3, 0.4) is 0 Å². The Morgan fingerprint density at radius 1 is 1.38 bits per heavy atom. The highest BCUT2D eigenvalue weighted by atomic mass is 16.3. The lowest BCUT2D eigenvalue weighted by atomic mass is 10.1. The lowest BCUT2D eigenvalue weighted by molar-refractivity contribution is 0.0952. The molecule has 0 radical (unpaired) electrons. The lowest BCUT2D eigenvalue weighted by Gasteiger charge is -2.09. The summed E-state index contributed by atoms with van der Waals surface area (Å²) < 4.78 is 0.914. The first-order chi connectivity index (χ1) is 11.4. The highest BCUT2D eigenvalue weighted by Gasteiger charge is 2.16. The minimum Gasteiger partial charge on any atom is -0.507 e. The number of nitrogens with zero attached hydrogens (tertiary/aromatic N) is 3. The smallest absolute Gasteiger partial charge is 0.275 e. The number of pyridine rings is 1. The fourth-order valence-corrected chi connectivity index (χ4v) is 2.07. The third-order valence-electron chi connectivity index (χ3n) is 3.48. The van der Waals surface area contributed by atoms with Crippen molar-refractivity contribution >= 4 is 12.1 Å². The fraction of sp³-hybridized carbons (Fsp3) is 0.125. The molecular formula is C16H14N4O4. The van der Waals surface area contributed by atoms with Crippen molar-refractivity contribution in [2.24, 2.45) is 12.1 Å². The maximum atomic E-state index is 11.9. The lowest BCUT2D eigenvalue weighted by Crippen LogP contribution is -2.23. The Kier molecular flexibility index (Phi) is 4.65. The van der Waals surface area contributed by atoms with Crippen molar-refractivity contribution in [1.82, 2.24) is 9.99 Å². The first-order valence-corrected chi connectivity index (χ1v) is 6.82. The zero-order chi connectivity index (χ0) is 17.9. The van der Waals surface area contributed by atoms with Gasteiger partial charge in [-0.1, -0.05) is 12.1 Å². The Morgan fingerprint density at radius 3 is 2.67 bits per heavy atom. The number of aromatic hydroxyl groups is 2. The van der Waals surface area contributed by atoms with E-state index in [2.05, 4.69) is 10.5 Å². The van der Waals surface area contributed by atoms with Crippen molar-refractivity contribution in [3.8, 4) is 17.7 Å². The number of carbonyl (C=O) groups is 1. The van der Waals surface area contributed by atoms with E-state index >= 15 is 0 Å². The van der Waals surface area contributed by atoms with E-state index in [0.29, 0.717) is 0 Å². The van der Waals surface area contributed by atoms with Gasteiger partial charge in [0.1, 0.15) is 17.4 Å². The van der Waals surface area contributed by atoms with Crippen LogP contribution < -0.4 is 11.0 Å². The van der Waals surface area contributed by atoms with E-state index in [1.165, 1.54) is 26.1 Å². The molecule has 3 N–H and O–H groups in total. The van der Waals surface area contributed by atoms with Crippen LogP contribution in [0, 0.1) is 18.3 Å². The van der Waals surface area contributed by atoms with Crippen LogP contribution in [0.15, 0.2) is 34.2 Å². The summed E-state index contributed by atoms with van der Waals surface area (Å²) in [6.45, 7) is 1.49. The molecule has 2 rings (SSSR count). The molecule has 8 nitrogen and oxygen atoms in total. The van der Waals surface area contributed by atoms with Gasteiger partial charge in [0, 0.05) is 7.05 Å². The van der Waals surface area contributed by atoms with Gasteiger partial charge >= 0.3 is 0 Å². The van der Waals surface area contributed by atoms with Crippen LogP contribution in [-0.2, 0) is 7.05 Å². The van der Waals surface area contributed by atoms with Gasteiger partial charge in [-0.05, 0) is 24.6 Å². The summed E-state index contributed by atoms with van der Waals surface area (Å²) in [4.78, 5) is 23.8. The molecule has 0 unspecified atom stereocenters. The molecule has 0 fully saturated rings. The number of para-hydroxylation sites is 1. The number of nitriles is 1. The van der Waals surface area contributed by atoms with E-state index in [-0.39, 0.29) is 33.9 Å². The van der Waals surface area contributed by atoms with Crippen molar-refractivity contribution in [1.29, 1.82) is 5.26 Å². The molecule has 0 bridgehead atoms. The summed E-state index contributed by atoms with van der Waals surface area (Å²) in [6, 6.07) is 7.72. The normalized spacial score (nSPS) is 10.5. The summed E-state index contributed by atoms with van der Waals surface area (Å²) in [6.07, 6.45) is 1.13. The average Bonchev–Trinajstić information content (AvgIpc) is 2.57. The molecule has 1 amide bonds. The van der Waals surface area contributed by atoms with E-state index in [1.807, 2.05) is 0 Å². The number of carbonyl (C=O) groups excluding carboxylic acids is 1. The van der Waals surface area contributed by atoms with E-state index in [4.69, 9.17) is 5.26 Å². The monoisotopic (exact) mass is 326 g/mol. The minimum atomic E-state index is -0.646. The molecule has 0 atom stereocenters. The van der Waals surface area contributed by atoms with Gasteiger partial charge < -0.3 is 10.2 Å². The van der Waals surface area contributed by atoms with Crippen LogP contribution in [0.25, 0.3) is 0 Å². The third-order valence-corrected chi connectivity index (χ3v) is 3.48. The Hall–Kier alpha value is -3.60. The third kappa shape index (κ3) is 2.96. The second kappa shape index (κ2) is 6.66. The van der Waals surface area contributed by atoms with E-state index in [0.717, 1.165) is 10.8 Å². The number of hydrogen-bond donors (Lipinski definition) is 3. The van der Waals surface area contributed by atoms with Crippen LogP contribution in [0.4, 0.5) is 0 Å². The van der Waals surface area contributed by atoms with Gasteiger partial charge in [-0.2, -0.15) is 10.4 Å². The zero-order valence-corrected chi connectivity index (χ0v) is 12.9. The van der Waals surface area contributed by atoms with Crippen LogP contribution in [-0.4, -0.2) is 26.9 Å². The van der Waals surface area contributed by atoms with Crippen molar-refractivity contribution in [2.75, 3.05) is 0 Å². The summed E-state index contributed by atoms with van der Waals surface area (Å²) in [7, 11) is 1.32. The molecule has 0 aliphatic rings. The number of nitrogens with one attached hydrogen (secondary N) is 1. The largest absolute Gasteiger partial charge is 0.507 e. The quantitative estimate of drug-likeness (QED) is 0.566. The van der Waals surface area contributed by atoms with Gasteiger partial charge in [0.05, 0.1) is 17.3 Å². The number of hydrogen-bond acceptors (Lipinski definition) is 6. The van der Waals surface area contributed by atoms with Crippen LogP contribution in [0.1, 0.15) is 27.0 Å². The topological polar surface area (TPSA) is 128 Å². The van der Waals surface area contributed by atoms with Gasteiger partial charge in [0.25, 0.3) is 11.5 Å². The summed E-state index contributed by atoms with van der Waals surface area (Å²) >= 11 is 0. The van der Waals surface area contributed by atoms with Crippen LogP contribution >= 0.6 is 0 Å². The minimum absolute atomic E-state index is 0.0359. The Bertz CT molecular complexity index is 938. The van der Waals surface area contributed by atoms with Crippen LogP contribution in [0.2, 0.25) is 0 Å². The standard InChI is InChI=1S/C16H14N4O4/c1-9-11(7-17)15(23)20(2)16(24)12(9)8-18-19-14(22)10-5-3-4-6-13(10)21/h3-6,8,21,24H,1-2H3,(H,19,22)/b18-8+. The number of aromatic nitrogens is 1. The Labute approximate surface area is 136 Å².